The van der Waals surface area contributed by atoms with Crippen molar-refractivity contribution in [1.29, 1.82) is 0 Å². The maximum Gasteiger partial charge on any atom is 0.387 e. The third kappa shape index (κ3) is 4.20. The predicted octanol–water partition coefficient (Wildman–Crippen LogP) is 2.15. The van der Waals surface area contributed by atoms with E-state index in [0.29, 0.717) is 25.2 Å². The molecule has 1 aliphatic rings. The topological polar surface area (TPSA) is 50.8 Å². The third-order valence-electron chi connectivity index (χ3n) is 3.39. The lowest BCUT2D eigenvalue weighted by atomic mass is 10.1. The predicted molar refractivity (Wildman–Crippen MR) is 80.2 cm³/mol. The normalized spacial score (nSPS) is 17.9. The largest absolute Gasteiger partial charge is 0.493 e. The summed E-state index contributed by atoms with van der Waals surface area (Å²) in [5.74, 6) is -0.174. The van der Waals surface area contributed by atoms with Crippen LogP contribution in [0.2, 0.25) is 0 Å². The van der Waals surface area contributed by atoms with Gasteiger partial charge in [-0.25, -0.2) is 0 Å². The SMILES string of the molecule is COc1ccc(C(=O)N2CCNC[C@@H]2C)cc1OC(F)F.Cl. The minimum absolute atomic E-state index is 0. The van der Waals surface area contributed by atoms with Gasteiger partial charge >= 0.3 is 6.61 Å². The van der Waals surface area contributed by atoms with Gasteiger partial charge in [0.2, 0.25) is 0 Å². The van der Waals surface area contributed by atoms with Gasteiger partial charge in [-0.05, 0) is 25.1 Å². The first-order valence-electron chi connectivity index (χ1n) is 6.67. The highest BCUT2D eigenvalue weighted by atomic mass is 35.5. The minimum atomic E-state index is -2.97. The number of amides is 1. The maximum absolute atomic E-state index is 12.5. The van der Waals surface area contributed by atoms with Crippen LogP contribution < -0.4 is 14.8 Å². The molecule has 2 rings (SSSR count). The molecule has 0 aromatic heterocycles. The number of halogens is 3. The number of alkyl halides is 2. The smallest absolute Gasteiger partial charge is 0.387 e. The van der Waals surface area contributed by atoms with E-state index < -0.39 is 6.61 Å². The second kappa shape index (κ2) is 8.14. The van der Waals surface area contributed by atoms with Crippen molar-refractivity contribution in [1.82, 2.24) is 10.2 Å². The summed E-state index contributed by atoms with van der Waals surface area (Å²) in [6.07, 6.45) is 0. The van der Waals surface area contributed by atoms with E-state index in [2.05, 4.69) is 10.1 Å². The Morgan fingerprint density at radius 1 is 1.41 bits per heavy atom. The van der Waals surface area contributed by atoms with Crippen molar-refractivity contribution in [2.75, 3.05) is 26.7 Å². The molecule has 0 aliphatic carbocycles. The summed E-state index contributed by atoms with van der Waals surface area (Å²) >= 11 is 0. The first-order valence-corrected chi connectivity index (χ1v) is 6.67. The van der Waals surface area contributed by atoms with E-state index in [1.54, 1.807) is 11.0 Å². The van der Waals surface area contributed by atoms with Gasteiger partial charge in [0, 0.05) is 31.2 Å². The fourth-order valence-corrected chi connectivity index (χ4v) is 2.31. The number of hydrogen-bond acceptors (Lipinski definition) is 4. The average Bonchev–Trinajstić information content (AvgIpc) is 2.46. The van der Waals surface area contributed by atoms with Crippen molar-refractivity contribution in [3.63, 3.8) is 0 Å². The molecule has 1 amide bonds. The van der Waals surface area contributed by atoms with E-state index in [0.717, 1.165) is 0 Å². The van der Waals surface area contributed by atoms with Crippen molar-refractivity contribution >= 4 is 18.3 Å². The Labute approximate surface area is 134 Å². The number of carbonyl (C=O) groups is 1. The number of benzene rings is 1. The standard InChI is InChI=1S/C14H18F2N2O3.ClH/c1-9-8-17-5-6-18(9)13(19)10-3-4-11(20-2)12(7-10)21-14(15)16;/h3-4,7,9,14,17H,5-6,8H2,1-2H3;1H/t9-;/m0./s1. The van der Waals surface area contributed by atoms with Crippen LogP contribution in [0.5, 0.6) is 11.5 Å². The van der Waals surface area contributed by atoms with Gasteiger partial charge < -0.3 is 19.7 Å². The van der Waals surface area contributed by atoms with Crippen LogP contribution in [0.3, 0.4) is 0 Å². The number of nitrogens with zero attached hydrogens (tertiary/aromatic N) is 1. The van der Waals surface area contributed by atoms with Crippen LogP contribution in [0.15, 0.2) is 18.2 Å². The van der Waals surface area contributed by atoms with Gasteiger partial charge in [-0.2, -0.15) is 8.78 Å². The summed E-state index contributed by atoms with van der Waals surface area (Å²) in [4.78, 5) is 14.2. The van der Waals surface area contributed by atoms with Gasteiger partial charge in [-0.3, -0.25) is 4.79 Å². The fourth-order valence-electron chi connectivity index (χ4n) is 2.31. The lowest BCUT2D eigenvalue weighted by Gasteiger charge is -2.34. The van der Waals surface area contributed by atoms with Crippen molar-refractivity contribution < 1.29 is 23.0 Å². The summed E-state index contributed by atoms with van der Waals surface area (Å²) in [7, 11) is 1.35. The lowest BCUT2D eigenvalue weighted by molar-refractivity contribution is -0.0512. The van der Waals surface area contributed by atoms with E-state index in [9.17, 15) is 13.6 Å². The zero-order valence-electron chi connectivity index (χ0n) is 12.3. The van der Waals surface area contributed by atoms with E-state index >= 15 is 0 Å². The summed E-state index contributed by atoms with van der Waals surface area (Å²) in [6, 6.07) is 4.35. The number of hydrogen-bond donors (Lipinski definition) is 1. The first kappa shape index (κ1) is 18.4. The van der Waals surface area contributed by atoms with Crippen LogP contribution >= 0.6 is 12.4 Å². The van der Waals surface area contributed by atoms with Crippen LogP contribution in [0, 0.1) is 0 Å². The number of piperazine rings is 1. The highest BCUT2D eigenvalue weighted by Crippen LogP contribution is 2.30. The third-order valence-corrected chi connectivity index (χ3v) is 3.39. The van der Waals surface area contributed by atoms with E-state index in [1.165, 1.54) is 19.2 Å². The van der Waals surface area contributed by atoms with E-state index in [1.807, 2.05) is 6.92 Å². The molecule has 1 aromatic rings. The molecule has 0 spiro atoms. The highest BCUT2D eigenvalue weighted by molar-refractivity contribution is 5.95. The maximum atomic E-state index is 12.5. The van der Waals surface area contributed by atoms with Crippen LogP contribution in [-0.4, -0.2) is 50.2 Å². The van der Waals surface area contributed by atoms with Gasteiger partial charge in [0.15, 0.2) is 11.5 Å². The Hall–Kier alpha value is -1.60. The molecule has 1 aromatic carbocycles. The van der Waals surface area contributed by atoms with Crippen LogP contribution in [0.4, 0.5) is 8.78 Å². The number of carbonyl (C=O) groups excluding carboxylic acids is 1. The Kier molecular flexibility index (Phi) is 6.83. The molecular weight excluding hydrogens is 318 g/mol. The molecule has 1 aliphatic heterocycles. The van der Waals surface area contributed by atoms with Gasteiger partial charge in [0.1, 0.15) is 0 Å². The van der Waals surface area contributed by atoms with Gasteiger partial charge in [-0.1, -0.05) is 0 Å². The molecule has 124 valence electrons. The molecule has 22 heavy (non-hydrogen) atoms. The second-order valence-corrected chi connectivity index (χ2v) is 4.80. The Morgan fingerprint density at radius 2 is 2.14 bits per heavy atom. The molecule has 8 heteroatoms. The lowest BCUT2D eigenvalue weighted by Crippen LogP contribution is -2.52. The Balaban J connectivity index is 0.00000242. The van der Waals surface area contributed by atoms with Crippen LogP contribution in [-0.2, 0) is 0 Å². The summed E-state index contributed by atoms with van der Waals surface area (Å²) in [5.41, 5.74) is 0.306. The van der Waals surface area contributed by atoms with Crippen LogP contribution in [0.25, 0.3) is 0 Å². The average molecular weight is 337 g/mol. The molecule has 0 unspecified atom stereocenters. The molecular formula is C14H19ClF2N2O3. The van der Waals surface area contributed by atoms with E-state index in [-0.39, 0.29) is 35.9 Å². The van der Waals surface area contributed by atoms with Crippen molar-refractivity contribution in [3.8, 4) is 11.5 Å². The molecule has 1 heterocycles. The Bertz CT molecular complexity index is 517. The highest BCUT2D eigenvalue weighted by Gasteiger charge is 2.25. The number of rotatable bonds is 4. The van der Waals surface area contributed by atoms with Gasteiger partial charge in [0.25, 0.3) is 5.91 Å². The second-order valence-electron chi connectivity index (χ2n) is 4.80. The molecule has 0 radical (unpaired) electrons. The van der Waals surface area contributed by atoms with Crippen molar-refractivity contribution in [3.05, 3.63) is 23.8 Å². The zero-order chi connectivity index (χ0) is 15.4. The molecule has 0 saturated carbocycles. The van der Waals surface area contributed by atoms with Crippen molar-refractivity contribution in [2.45, 2.75) is 19.6 Å². The van der Waals surface area contributed by atoms with Gasteiger partial charge in [-0.15, -0.1) is 12.4 Å². The monoisotopic (exact) mass is 336 g/mol. The Morgan fingerprint density at radius 3 is 2.73 bits per heavy atom. The molecule has 1 N–H and O–H groups in total. The molecule has 1 atom stereocenters. The number of ether oxygens (including phenoxy) is 2. The number of nitrogens with one attached hydrogen (secondary N) is 1. The first-order chi connectivity index (χ1) is 10.0. The fraction of sp³-hybridized carbons (Fsp3) is 0.500. The summed E-state index contributed by atoms with van der Waals surface area (Å²) in [6.45, 7) is 0.971. The summed E-state index contributed by atoms with van der Waals surface area (Å²) < 4.78 is 34.2. The summed E-state index contributed by atoms with van der Waals surface area (Å²) in [5, 5.41) is 3.19. The molecule has 1 saturated heterocycles. The minimum Gasteiger partial charge on any atom is -0.493 e. The zero-order valence-corrected chi connectivity index (χ0v) is 13.2. The van der Waals surface area contributed by atoms with Crippen molar-refractivity contribution in [2.24, 2.45) is 0 Å². The molecule has 1 fully saturated rings. The number of methoxy groups -OCH3 is 1. The van der Waals surface area contributed by atoms with Gasteiger partial charge in [0.05, 0.1) is 7.11 Å². The van der Waals surface area contributed by atoms with E-state index in [4.69, 9.17) is 4.74 Å². The molecule has 0 bridgehead atoms. The quantitative estimate of drug-likeness (QED) is 0.915. The van der Waals surface area contributed by atoms with Crippen LogP contribution in [0.1, 0.15) is 17.3 Å². The molecule has 5 nitrogen and oxygen atoms in total.